The monoisotopic (exact) mass is 459 g/mol. The van der Waals surface area contributed by atoms with Crippen molar-refractivity contribution in [1.29, 1.82) is 0 Å². The molecule has 1 aliphatic heterocycles. The Kier molecular flexibility index (Phi) is 6.39. The van der Waals surface area contributed by atoms with E-state index in [2.05, 4.69) is 45.8 Å². The highest BCUT2D eigenvalue weighted by Gasteiger charge is 2.49. The van der Waals surface area contributed by atoms with Crippen LogP contribution in [0.1, 0.15) is 42.5 Å². The van der Waals surface area contributed by atoms with E-state index in [9.17, 15) is 9.59 Å². The summed E-state index contributed by atoms with van der Waals surface area (Å²) in [4.78, 5) is 27.3. The molecular weight excluding hydrogens is 426 g/mol. The molecule has 0 radical (unpaired) electrons. The van der Waals surface area contributed by atoms with Gasteiger partial charge in [0.1, 0.15) is 0 Å². The fourth-order valence-electron chi connectivity index (χ4n) is 4.95. The van der Waals surface area contributed by atoms with Gasteiger partial charge in [-0.2, -0.15) is 0 Å². The van der Waals surface area contributed by atoms with Gasteiger partial charge in [0.05, 0.1) is 5.54 Å². The van der Waals surface area contributed by atoms with Crippen molar-refractivity contribution in [2.24, 2.45) is 0 Å². The highest BCUT2D eigenvalue weighted by atomic mass is 16.2. The molecule has 0 atom stereocenters. The smallest absolute Gasteiger partial charge is 0.253 e. The molecule has 1 spiro atoms. The van der Waals surface area contributed by atoms with Crippen LogP contribution in [-0.4, -0.2) is 55.5 Å². The van der Waals surface area contributed by atoms with E-state index in [1.165, 1.54) is 16.1 Å². The molecule has 4 N–H and O–H groups in total. The zero-order valence-electron chi connectivity index (χ0n) is 19.7. The molecule has 0 aromatic heterocycles. The molecular formula is C27H33N5O2. The zero-order chi connectivity index (χ0) is 23.5. The van der Waals surface area contributed by atoms with Crippen molar-refractivity contribution in [1.82, 2.24) is 26.4 Å². The van der Waals surface area contributed by atoms with Gasteiger partial charge in [-0.05, 0) is 66.6 Å². The van der Waals surface area contributed by atoms with Crippen molar-refractivity contribution in [2.45, 2.75) is 37.6 Å². The van der Waals surface area contributed by atoms with Crippen molar-refractivity contribution < 1.29 is 9.59 Å². The van der Waals surface area contributed by atoms with Crippen LogP contribution in [0.3, 0.4) is 0 Å². The number of nitrogens with zero attached hydrogens (tertiary/aromatic N) is 1. The van der Waals surface area contributed by atoms with E-state index >= 15 is 0 Å². The summed E-state index contributed by atoms with van der Waals surface area (Å²) in [5.41, 5.74) is 10.1. The van der Waals surface area contributed by atoms with Crippen molar-refractivity contribution in [2.75, 3.05) is 33.2 Å². The summed E-state index contributed by atoms with van der Waals surface area (Å²) < 4.78 is 0. The summed E-state index contributed by atoms with van der Waals surface area (Å²) in [6, 6.07) is 14.4. The molecule has 3 aliphatic rings. The summed E-state index contributed by atoms with van der Waals surface area (Å²) in [6.45, 7) is 2.23. The summed E-state index contributed by atoms with van der Waals surface area (Å²) in [5, 5.41) is 8.81. The lowest BCUT2D eigenvalue weighted by molar-refractivity contribution is -0.124. The second-order valence-corrected chi connectivity index (χ2v) is 9.39. The number of nitrogens with one attached hydrogen (secondary N) is 4. The minimum absolute atomic E-state index is 0.00184. The van der Waals surface area contributed by atoms with Gasteiger partial charge in [0.15, 0.2) is 0 Å². The Morgan fingerprint density at radius 2 is 1.79 bits per heavy atom. The fourth-order valence-corrected chi connectivity index (χ4v) is 4.95. The van der Waals surface area contributed by atoms with Crippen LogP contribution in [-0.2, 0) is 4.79 Å². The van der Waals surface area contributed by atoms with Crippen molar-refractivity contribution in [3.63, 3.8) is 0 Å². The van der Waals surface area contributed by atoms with Gasteiger partial charge in [-0.1, -0.05) is 30.3 Å². The molecule has 2 fully saturated rings. The van der Waals surface area contributed by atoms with Gasteiger partial charge in [0.2, 0.25) is 5.91 Å². The number of amides is 2. The standard InChI is InChI=1S/C27H33N5O2/c1-28-31-24-5-3-2-4-22-18-21(10-11-23(22)24)19-6-8-20(9-7-19)25(33)32-16-14-29-26(34)27(12-13-27)30-15-17-32/h4,6-11,18,28,30-31H,2-3,5,12-17H2,1H3,(H,29,34). The van der Waals surface area contributed by atoms with E-state index in [4.69, 9.17) is 0 Å². The number of fused-ring (bicyclic) bond motifs is 1. The van der Waals surface area contributed by atoms with E-state index in [1.54, 1.807) is 0 Å². The Morgan fingerprint density at radius 1 is 1.03 bits per heavy atom. The number of hydrogen-bond donors (Lipinski definition) is 4. The molecule has 2 aliphatic carbocycles. The third-order valence-electron chi connectivity index (χ3n) is 7.10. The van der Waals surface area contributed by atoms with Crippen LogP contribution >= 0.6 is 0 Å². The van der Waals surface area contributed by atoms with E-state index in [-0.39, 0.29) is 11.8 Å². The van der Waals surface area contributed by atoms with Crippen LogP contribution in [0, 0.1) is 0 Å². The summed E-state index contributed by atoms with van der Waals surface area (Å²) >= 11 is 0. The molecule has 2 amide bonds. The minimum Gasteiger partial charge on any atom is -0.353 e. The molecule has 1 saturated heterocycles. The predicted octanol–water partition coefficient (Wildman–Crippen LogP) is 0.844. The molecule has 7 heteroatoms. The maximum atomic E-state index is 13.2. The first-order valence-corrected chi connectivity index (χ1v) is 12.3. The van der Waals surface area contributed by atoms with Crippen LogP contribution in [0.15, 0.2) is 42.5 Å². The number of rotatable bonds is 4. The van der Waals surface area contributed by atoms with Crippen LogP contribution in [0.25, 0.3) is 22.9 Å². The average Bonchev–Trinajstić information content (AvgIpc) is 3.66. The first-order chi connectivity index (χ1) is 16.6. The summed E-state index contributed by atoms with van der Waals surface area (Å²) in [6.07, 6.45) is 7.27. The van der Waals surface area contributed by atoms with Crippen LogP contribution in [0.4, 0.5) is 0 Å². The van der Waals surface area contributed by atoms with Crippen molar-refractivity contribution in [3.05, 3.63) is 58.5 Å². The highest BCUT2D eigenvalue weighted by Crippen LogP contribution is 2.35. The molecule has 34 heavy (non-hydrogen) atoms. The predicted molar refractivity (Wildman–Crippen MR) is 134 cm³/mol. The third-order valence-corrected chi connectivity index (χ3v) is 7.10. The molecule has 7 nitrogen and oxygen atoms in total. The average molecular weight is 460 g/mol. The maximum Gasteiger partial charge on any atom is 0.253 e. The quantitative estimate of drug-likeness (QED) is 0.510. The fraction of sp³-hybridized carbons (Fsp3) is 0.407. The van der Waals surface area contributed by atoms with Gasteiger partial charge >= 0.3 is 0 Å². The molecule has 2 aromatic rings. The minimum atomic E-state index is -0.395. The zero-order valence-corrected chi connectivity index (χ0v) is 19.7. The van der Waals surface area contributed by atoms with Crippen LogP contribution in [0.5, 0.6) is 0 Å². The number of carbonyl (C=O) groups excluding carboxylic acids is 2. The Balaban J connectivity index is 1.33. The highest BCUT2D eigenvalue weighted by molar-refractivity contribution is 5.95. The molecule has 0 bridgehead atoms. The molecule has 0 unspecified atom stereocenters. The SMILES string of the molecule is CNNC1=c2ccc(-c3ccc(C(=O)N4CCNC(=O)C5(CC5)NCC4)cc3)cc2=CCCC1. The molecule has 1 heterocycles. The molecule has 5 rings (SSSR count). The Morgan fingerprint density at radius 3 is 2.56 bits per heavy atom. The van der Waals surface area contributed by atoms with Crippen LogP contribution < -0.4 is 31.9 Å². The second-order valence-electron chi connectivity index (χ2n) is 9.39. The Bertz CT molecular complexity index is 1200. The van der Waals surface area contributed by atoms with Gasteiger partial charge in [-0.15, -0.1) is 0 Å². The Hall–Kier alpha value is -3.16. The van der Waals surface area contributed by atoms with E-state index in [1.807, 2.05) is 36.2 Å². The van der Waals surface area contributed by atoms with E-state index in [0.29, 0.717) is 31.7 Å². The van der Waals surface area contributed by atoms with Gasteiger partial charge in [-0.3, -0.25) is 9.59 Å². The first kappa shape index (κ1) is 22.6. The lowest BCUT2D eigenvalue weighted by Gasteiger charge is -2.22. The lowest BCUT2D eigenvalue weighted by atomic mass is 10.0. The van der Waals surface area contributed by atoms with E-state index < -0.39 is 5.54 Å². The lowest BCUT2D eigenvalue weighted by Crippen LogP contribution is -2.46. The van der Waals surface area contributed by atoms with Crippen LogP contribution in [0.2, 0.25) is 0 Å². The topological polar surface area (TPSA) is 85.5 Å². The first-order valence-electron chi connectivity index (χ1n) is 12.3. The second kappa shape index (κ2) is 9.60. The normalized spacial score (nSPS) is 19.6. The summed E-state index contributed by atoms with van der Waals surface area (Å²) in [7, 11) is 1.89. The third kappa shape index (κ3) is 4.58. The maximum absolute atomic E-state index is 13.2. The molecule has 2 aromatic carbocycles. The summed E-state index contributed by atoms with van der Waals surface area (Å²) in [5.74, 6) is 0.0672. The number of carbonyl (C=O) groups is 2. The largest absolute Gasteiger partial charge is 0.353 e. The number of hydrazine groups is 1. The van der Waals surface area contributed by atoms with Gasteiger partial charge in [0, 0.05) is 49.7 Å². The molecule has 1 saturated carbocycles. The number of benzene rings is 2. The molecule has 178 valence electrons. The van der Waals surface area contributed by atoms with Gasteiger partial charge in [-0.25, -0.2) is 5.43 Å². The number of hydrogen-bond acceptors (Lipinski definition) is 5. The van der Waals surface area contributed by atoms with Crippen molar-refractivity contribution in [3.8, 4) is 11.1 Å². The Labute approximate surface area is 200 Å². The van der Waals surface area contributed by atoms with Crippen molar-refractivity contribution >= 4 is 23.6 Å². The van der Waals surface area contributed by atoms with Gasteiger partial charge in [0.25, 0.3) is 5.91 Å². The van der Waals surface area contributed by atoms with E-state index in [0.717, 1.165) is 43.2 Å². The van der Waals surface area contributed by atoms with Gasteiger partial charge < -0.3 is 21.0 Å².